The van der Waals surface area contributed by atoms with Gasteiger partial charge in [-0.1, -0.05) is 58.0 Å². The number of aliphatic hydroxyl groups is 2. The Hall–Kier alpha value is -7.93. The highest BCUT2D eigenvalue weighted by Crippen LogP contribution is 2.24. The van der Waals surface area contributed by atoms with Crippen molar-refractivity contribution in [3.05, 3.63) is 60.2 Å². The minimum absolute atomic E-state index is 0.0361. The van der Waals surface area contributed by atoms with Crippen molar-refractivity contribution < 1.29 is 63.0 Å². The number of carbonyl (C=O) groups excluding carboxylic acids is 11. The first-order chi connectivity index (χ1) is 41.7. The lowest BCUT2D eigenvalue weighted by molar-refractivity contribution is -0.136. The molecule has 1 aliphatic heterocycles. The van der Waals surface area contributed by atoms with Crippen molar-refractivity contribution in [1.29, 1.82) is 0 Å². The van der Waals surface area contributed by atoms with Gasteiger partial charge in [0.05, 0.1) is 12.2 Å². The summed E-state index contributed by atoms with van der Waals surface area (Å²) in [6, 6.07) is 1.85. The molecule has 0 aliphatic carbocycles. The van der Waals surface area contributed by atoms with Crippen molar-refractivity contribution >= 4 is 86.5 Å². The predicted molar refractivity (Wildman–Crippen MR) is 328 cm³/mol. The van der Waals surface area contributed by atoms with Gasteiger partial charge in [0.25, 0.3) is 5.91 Å². The van der Waals surface area contributed by atoms with Gasteiger partial charge in [-0.25, -0.2) is 0 Å². The van der Waals surface area contributed by atoms with E-state index >= 15 is 0 Å². The van der Waals surface area contributed by atoms with Crippen LogP contribution >= 0.6 is 0 Å². The zero-order chi connectivity index (χ0) is 65.4. The molecule has 3 aromatic rings. The van der Waals surface area contributed by atoms with Crippen molar-refractivity contribution in [2.45, 2.75) is 166 Å². The first kappa shape index (κ1) is 72.5. The third-order valence-corrected chi connectivity index (χ3v) is 14.6. The number of benzene rings is 3. The summed E-state index contributed by atoms with van der Waals surface area (Å²) in [4.78, 5) is 154. The van der Waals surface area contributed by atoms with Gasteiger partial charge in [0.15, 0.2) is 0 Å². The summed E-state index contributed by atoms with van der Waals surface area (Å²) in [5.74, 6) is -10.4. The van der Waals surface area contributed by atoms with Crippen molar-refractivity contribution in [3.63, 3.8) is 0 Å². The lowest BCUT2D eigenvalue weighted by Crippen LogP contribution is -2.62. The first-order valence-electron chi connectivity index (χ1n) is 29.9. The Balaban J connectivity index is 1.66. The van der Waals surface area contributed by atoms with E-state index in [1.165, 1.54) is 13.8 Å². The van der Waals surface area contributed by atoms with Crippen LogP contribution in [-0.2, 0) is 47.9 Å². The van der Waals surface area contributed by atoms with E-state index in [4.69, 9.17) is 28.7 Å². The third kappa shape index (κ3) is 22.0. The van der Waals surface area contributed by atoms with Crippen molar-refractivity contribution in [1.82, 2.24) is 58.5 Å². The largest absolute Gasteiger partial charge is 0.391 e. The van der Waals surface area contributed by atoms with Gasteiger partial charge in [0.2, 0.25) is 59.1 Å². The van der Waals surface area contributed by atoms with Gasteiger partial charge < -0.3 is 97.4 Å². The Kier molecular flexibility index (Phi) is 29.5. The number of hydrogen-bond acceptors (Lipinski definition) is 18. The molecule has 1 saturated heterocycles. The highest BCUT2D eigenvalue weighted by Gasteiger charge is 2.38. The molecule has 88 heavy (non-hydrogen) atoms. The molecule has 29 heteroatoms. The van der Waals surface area contributed by atoms with E-state index in [1.807, 2.05) is 36.4 Å². The van der Waals surface area contributed by atoms with Crippen LogP contribution in [-0.4, -0.2) is 187 Å². The molecule has 4 rings (SSSR count). The summed E-state index contributed by atoms with van der Waals surface area (Å²) in [7, 11) is 0. The number of fused-ring (bicyclic) bond motifs is 2. The first-order valence-corrected chi connectivity index (χ1v) is 29.9. The fraction of sp³-hybridized carbons (Fsp3) is 0.576. The van der Waals surface area contributed by atoms with Crippen LogP contribution in [0, 0.1) is 11.8 Å². The summed E-state index contributed by atoms with van der Waals surface area (Å²) in [5, 5.41) is 53.4. The van der Waals surface area contributed by atoms with Crippen molar-refractivity contribution in [2.75, 3.05) is 39.3 Å². The summed E-state index contributed by atoms with van der Waals surface area (Å²) in [6.07, 6.45) is -4.43. The summed E-state index contributed by atoms with van der Waals surface area (Å²) >= 11 is 0. The second-order valence-corrected chi connectivity index (χ2v) is 22.9. The lowest BCUT2D eigenvalue weighted by atomic mass is 9.99. The molecular formula is C59H92N16O13. The van der Waals surface area contributed by atoms with Crippen LogP contribution in [0.25, 0.3) is 21.5 Å². The summed E-state index contributed by atoms with van der Waals surface area (Å²) in [6.45, 7) is 8.30. The highest BCUT2D eigenvalue weighted by atomic mass is 16.3. The van der Waals surface area contributed by atoms with E-state index in [0.29, 0.717) is 0 Å². The van der Waals surface area contributed by atoms with Gasteiger partial charge >= 0.3 is 0 Å². The number of hydrogen-bond donors (Lipinski definition) is 18. The molecule has 1 heterocycles. The van der Waals surface area contributed by atoms with E-state index in [-0.39, 0.29) is 95.1 Å². The minimum atomic E-state index is -1.75. The van der Waals surface area contributed by atoms with Crippen LogP contribution in [0.5, 0.6) is 0 Å². The maximum absolute atomic E-state index is 14.5. The van der Waals surface area contributed by atoms with Crippen molar-refractivity contribution in [2.24, 2.45) is 40.5 Å². The quantitative estimate of drug-likeness (QED) is 0.0376. The van der Waals surface area contributed by atoms with Crippen LogP contribution in [0.15, 0.2) is 54.6 Å². The number of aliphatic hydroxyl groups excluding tert-OH is 2. The fourth-order valence-electron chi connectivity index (χ4n) is 9.84. The van der Waals surface area contributed by atoms with Gasteiger partial charge in [-0.05, 0) is 156 Å². The standard InChI is InChI=1S/C59H92N16O13/c1-30(2)25-45-56(85)69-39(13-19-60)50(79)68-43(17-23-64)55(84)74-47(32(5)76)58(87)65-24-18-44(53(82)67-40(14-20-61)52(81)72-46(26-31(3)4)57(86)73-45)70-51(80)41(15-21-62)71-59(88)48(33(6)77)75-54(83)42(16-22-63)66-49(78)37-12-11-36-27-34-9-7-8-10-35(34)28-38(36)29-37/h7-12,27-33,39-48,76-77H,13-26,60-64H2,1-6H3,(H,65,87)(H,66,78)(H,67,82)(H,68,79)(H,69,85)(H,70,80)(H,71,88)(H,72,81)(H,73,86)(H,74,84)(H,75,83)/t32-,33-,39+,40+,41+,42+,43+,44+,45+,46-,47+,48+/m1/s1. The summed E-state index contributed by atoms with van der Waals surface area (Å²) in [5.41, 5.74) is 29.6. The molecule has 0 bridgehead atoms. The molecule has 1 fully saturated rings. The number of nitrogens with one attached hydrogen (secondary N) is 11. The smallest absolute Gasteiger partial charge is 0.251 e. The number of rotatable bonds is 24. The van der Waals surface area contributed by atoms with Gasteiger partial charge in [-0.2, -0.15) is 0 Å². The monoisotopic (exact) mass is 1230 g/mol. The van der Waals surface area contributed by atoms with E-state index < -0.39 is 151 Å². The zero-order valence-corrected chi connectivity index (χ0v) is 51.0. The van der Waals surface area contributed by atoms with Gasteiger partial charge in [-0.3, -0.25) is 52.7 Å². The molecule has 0 radical (unpaired) electrons. The number of amides is 11. The molecule has 11 amide bonds. The minimum Gasteiger partial charge on any atom is -0.391 e. The zero-order valence-electron chi connectivity index (χ0n) is 51.0. The highest BCUT2D eigenvalue weighted by molar-refractivity contribution is 6.05. The van der Waals surface area contributed by atoms with Crippen LogP contribution < -0.4 is 87.2 Å². The molecule has 0 spiro atoms. The maximum atomic E-state index is 14.5. The Labute approximate surface area is 511 Å². The average Bonchev–Trinajstić information content (AvgIpc) is 2.10. The molecule has 29 nitrogen and oxygen atoms in total. The molecule has 3 aromatic carbocycles. The molecule has 1 aliphatic rings. The predicted octanol–water partition coefficient (Wildman–Crippen LogP) is -4.43. The third-order valence-electron chi connectivity index (χ3n) is 14.6. The van der Waals surface area contributed by atoms with Gasteiger partial charge in [0.1, 0.15) is 60.4 Å². The molecule has 0 aromatic heterocycles. The second-order valence-electron chi connectivity index (χ2n) is 22.9. The molecule has 0 saturated carbocycles. The topological polar surface area (TPSA) is 491 Å². The Morgan fingerprint density at radius 1 is 0.500 bits per heavy atom. The molecule has 0 unspecified atom stereocenters. The van der Waals surface area contributed by atoms with Crippen LogP contribution in [0.2, 0.25) is 0 Å². The van der Waals surface area contributed by atoms with E-state index in [1.54, 1.807) is 45.9 Å². The lowest BCUT2D eigenvalue weighted by Gasteiger charge is -2.29. The number of nitrogens with two attached hydrogens (primary N) is 5. The molecule has 12 atom stereocenters. The number of carbonyl (C=O) groups is 11. The van der Waals surface area contributed by atoms with E-state index in [9.17, 15) is 63.0 Å². The van der Waals surface area contributed by atoms with Crippen molar-refractivity contribution in [3.8, 4) is 0 Å². The van der Waals surface area contributed by atoms with E-state index in [2.05, 4.69) is 58.5 Å². The van der Waals surface area contributed by atoms with Crippen LogP contribution in [0.3, 0.4) is 0 Å². The normalized spacial score (nSPS) is 22.3. The Bertz CT molecular complexity index is 2910. The molecule has 486 valence electrons. The second kappa shape index (κ2) is 35.8. The van der Waals surface area contributed by atoms with Crippen LogP contribution in [0.4, 0.5) is 0 Å². The molecular weight excluding hydrogens is 1140 g/mol. The fourth-order valence-corrected chi connectivity index (χ4v) is 9.84. The SMILES string of the molecule is CC(C)C[C@@H]1NC(=O)[C@@H](CC(C)C)NC(=O)[C@H](CCN)NC(=O)[C@@H](NC(=O)[C@H](CCN)NC(=O)[C@@H](NC(=O)[C@H](CCN)NC(=O)c2ccc3cc4ccccc4cc3c2)[C@@H](C)O)CCNC(=O)[C@H]([C@@H](C)O)NC(=O)[C@H](CCN)NC(=O)[C@H](CCN)NC1=O. The average molecular weight is 1230 g/mol. The Morgan fingerprint density at radius 3 is 1.41 bits per heavy atom. The van der Waals surface area contributed by atoms with Gasteiger partial charge in [0, 0.05) is 12.1 Å². The summed E-state index contributed by atoms with van der Waals surface area (Å²) < 4.78 is 0. The van der Waals surface area contributed by atoms with Gasteiger partial charge in [-0.15, -0.1) is 0 Å². The van der Waals surface area contributed by atoms with E-state index in [0.717, 1.165) is 21.5 Å². The maximum Gasteiger partial charge on any atom is 0.251 e. The molecule has 23 N–H and O–H groups in total. The van der Waals surface area contributed by atoms with Crippen LogP contribution in [0.1, 0.15) is 103 Å². The Morgan fingerprint density at radius 2 is 0.943 bits per heavy atom.